The molecule has 3 aromatic rings. The highest BCUT2D eigenvalue weighted by molar-refractivity contribution is 6.14. The summed E-state index contributed by atoms with van der Waals surface area (Å²) in [6.45, 7) is 7.15. The fourth-order valence-electron chi connectivity index (χ4n) is 4.35. The second-order valence-corrected chi connectivity index (χ2v) is 8.55. The Morgan fingerprint density at radius 2 is 1.94 bits per heavy atom. The Labute approximate surface area is 182 Å². The highest BCUT2D eigenvalue weighted by Gasteiger charge is 2.45. The molecule has 0 radical (unpaired) electrons. The number of rotatable bonds is 3. The van der Waals surface area contributed by atoms with E-state index < -0.39 is 34.1 Å². The first-order valence-corrected chi connectivity index (χ1v) is 9.84. The SMILES string of the molecule is COc1ccc(C)c(-n2c(N)c(C(N)=O)c3c(C(F)(F)F)nc4c(c32)OCC4(C)C)c1C. The van der Waals surface area contributed by atoms with Gasteiger partial charge in [-0.3, -0.25) is 9.36 Å². The van der Waals surface area contributed by atoms with Gasteiger partial charge in [0, 0.05) is 16.4 Å². The third kappa shape index (κ3) is 2.89. The van der Waals surface area contributed by atoms with E-state index in [1.165, 1.54) is 11.7 Å². The van der Waals surface area contributed by atoms with Crippen LogP contribution in [-0.2, 0) is 11.6 Å². The van der Waals surface area contributed by atoms with E-state index in [0.29, 0.717) is 22.6 Å². The number of fused-ring (bicyclic) bond motifs is 3. The first-order valence-electron chi connectivity index (χ1n) is 9.84. The van der Waals surface area contributed by atoms with Crippen molar-refractivity contribution in [2.45, 2.75) is 39.3 Å². The van der Waals surface area contributed by atoms with Gasteiger partial charge in [0.05, 0.1) is 30.7 Å². The Balaban J connectivity index is 2.32. The first-order chi connectivity index (χ1) is 14.8. The van der Waals surface area contributed by atoms with Gasteiger partial charge in [-0.15, -0.1) is 0 Å². The maximum atomic E-state index is 14.2. The fourth-order valence-corrected chi connectivity index (χ4v) is 4.35. The number of benzene rings is 1. The maximum Gasteiger partial charge on any atom is 0.434 e. The second-order valence-electron chi connectivity index (χ2n) is 8.55. The number of nitrogens with two attached hydrogens (primary N) is 2. The Kier molecular flexibility index (Phi) is 4.62. The second kappa shape index (κ2) is 6.78. The van der Waals surface area contributed by atoms with Gasteiger partial charge < -0.3 is 20.9 Å². The topological polar surface area (TPSA) is 105 Å². The van der Waals surface area contributed by atoms with E-state index in [2.05, 4.69) is 4.98 Å². The molecular formula is C22H23F3N4O3. The van der Waals surface area contributed by atoms with Crippen LogP contribution in [0.5, 0.6) is 11.5 Å². The smallest absolute Gasteiger partial charge is 0.434 e. The van der Waals surface area contributed by atoms with Crippen LogP contribution in [-0.4, -0.2) is 29.2 Å². The van der Waals surface area contributed by atoms with Crippen LogP contribution in [0.4, 0.5) is 19.0 Å². The number of anilines is 1. The lowest BCUT2D eigenvalue weighted by Crippen LogP contribution is -2.21. The molecule has 1 aromatic carbocycles. The number of primary amides is 1. The van der Waals surface area contributed by atoms with Crippen LogP contribution in [0.2, 0.25) is 0 Å². The molecule has 0 fully saturated rings. The van der Waals surface area contributed by atoms with Crippen molar-refractivity contribution in [1.29, 1.82) is 0 Å². The number of hydrogen-bond acceptors (Lipinski definition) is 5. The largest absolute Gasteiger partial charge is 0.496 e. The van der Waals surface area contributed by atoms with E-state index in [0.717, 1.165) is 0 Å². The van der Waals surface area contributed by atoms with E-state index in [1.807, 2.05) is 0 Å². The van der Waals surface area contributed by atoms with Crippen LogP contribution in [0.3, 0.4) is 0 Å². The van der Waals surface area contributed by atoms with E-state index in [4.69, 9.17) is 20.9 Å². The van der Waals surface area contributed by atoms with Crippen molar-refractivity contribution in [3.8, 4) is 17.2 Å². The third-order valence-electron chi connectivity index (χ3n) is 5.86. The number of amides is 1. The Morgan fingerprint density at radius 3 is 2.50 bits per heavy atom. The number of pyridine rings is 1. The third-order valence-corrected chi connectivity index (χ3v) is 5.86. The summed E-state index contributed by atoms with van der Waals surface area (Å²) in [7, 11) is 1.49. The van der Waals surface area contributed by atoms with Crippen LogP contribution in [0, 0.1) is 13.8 Å². The normalized spacial score (nSPS) is 15.0. The Morgan fingerprint density at radius 1 is 1.28 bits per heavy atom. The molecule has 3 heterocycles. The molecule has 10 heteroatoms. The molecule has 0 bridgehead atoms. The van der Waals surface area contributed by atoms with Crippen LogP contribution in [0.25, 0.3) is 16.6 Å². The van der Waals surface area contributed by atoms with Crippen molar-refractivity contribution in [3.63, 3.8) is 0 Å². The number of halogens is 3. The van der Waals surface area contributed by atoms with Gasteiger partial charge in [0.15, 0.2) is 11.4 Å². The Bertz CT molecular complexity index is 1290. The minimum atomic E-state index is -4.85. The predicted molar refractivity (Wildman–Crippen MR) is 114 cm³/mol. The van der Waals surface area contributed by atoms with Crippen molar-refractivity contribution in [2.75, 3.05) is 19.5 Å². The highest BCUT2D eigenvalue weighted by atomic mass is 19.4. The van der Waals surface area contributed by atoms with E-state index in [-0.39, 0.29) is 29.4 Å². The van der Waals surface area contributed by atoms with Gasteiger partial charge in [-0.1, -0.05) is 19.9 Å². The lowest BCUT2D eigenvalue weighted by atomic mass is 9.90. The van der Waals surface area contributed by atoms with Gasteiger partial charge in [-0.05, 0) is 25.5 Å². The number of nitrogens with zero attached hydrogens (tertiary/aromatic N) is 2. The van der Waals surface area contributed by atoms with Crippen LogP contribution >= 0.6 is 0 Å². The summed E-state index contributed by atoms with van der Waals surface area (Å²) in [5, 5.41) is -0.472. The van der Waals surface area contributed by atoms with Crippen molar-refractivity contribution in [3.05, 3.63) is 40.2 Å². The fraction of sp³-hybridized carbons (Fsp3) is 0.364. The first kappa shape index (κ1) is 21.8. The molecule has 7 nitrogen and oxygen atoms in total. The molecule has 0 atom stereocenters. The minimum absolute atomic E-state index is 0.0126. The summed E-state index contributed by atoms with van der Waals surface area (Å²) in [4.78, 5) is 16.3. The van der Waals surface area contributed by atoms with Crippen LogP contribution in [0.1, 0.15) is 46.7 Å². The maximum absolute atomic E-state index is 14.2. The van der Waals surface area contributed by atoms with E-state index >= 15 is 0 Å². The quantitative estimate of drug-likeness (QED) is 0.630. The summed E-state index contributed by atoms with van der Waals surface area (Å²) in [5.41, 5.74) is 11.4. The zero-order chi connectivity index (χ0) is 23.7. The number of carbonyl (C=O) groups is 1. The van der Waals surface area contributed by atoms with Crippen molar-refractivity contribution in [1.82, 2.24) is 9.55 Å². The van der Waals surface area contributed by atoms with E-state index in [9.17, 15) is 18.0 Å². The molecular weight excluding hydrogens is 425 g/mol. The molecule has 2 aromatic heterocycles. The number of aryl methyl sites for hydroxylation is 1. The summed E-state index contributed by atoms with van der Waals surface area (Å²) in [6.07, 6.45) is -4.85. The van der Waals surface area contributed by atoms with Gasteiger partial charge in [0.25, 0.3) is 5.91 Å². The summed E-state index contributed by atoms with van der Waals surface area (Å²) >= 11 is 0. The molecule has 4 rings (SSSR count). The minimum Gasteiger partial charge on any atom is -0.496 e. The average Bonchev–Trinajstić information content (AvgIpc) is 3.14. The van der Waals surface area contributed by atoms with Gasteiger partial charge in [0.2, 0.25) is 0 Å². The number of hydrogen-bond donors (Lipinski definition) is 2. The highest BCUT2D eigenvalue weighted by Crippen LogP contribution is 2.50. The number of alkyl halides is 3. The van der Waals surface area contributed by atoms with Gasteiger partial charge in [-0.25, -0.2) is 4.98 Å². The molecule has 0 aliphatic carbocycles. The average molecular weight is 448 g/mol. The van der Waals surface area contributed by atoms with Gasteiger partial charge in [-0.2, -0.15) is 13.2 Å². The van der Waals surface area contributed by atoms with Crippen LogP contribution in [0.15, 0.2) is 12.1 Å². The number of carbonyl (C=O) groups excluding carboxylic acids is 1. The van der Waals surface area contributed by atoms with E-state index in [1.54, 1.807) is 39.8 Å². The standard InChI is InChI=1S/C22H23F3N4O3/c1-9-6-7-11(31-5)10(2)14(9)29-15-12(13(19(29)26)20(27)30)17(22(23,24)25)28-18-16(15)32-8-21(18,3)4/h6-7H,8,26H2,1-5H3,(H2,27,30). The lowest BCUT2D eigenvalue weighted by Gasteiger charge is -2.19. The van der Waals surface area contributed by atoms with Crippen LogP contribution < -0.4 is 20.9 Å². The summed E-state index contributed by atoms with van der Waals surface area (Å²) in [5.74, 6) is -0.649. The summed E-state index contributed by atoms with van der Waals surface area (Å²) < 4.78 is 55.2. The molecule has 1 amide bonds. The number of aromatic nitrogens is 2. The number of ether oxygens (including phenoxy) is 2. The zero-order valence-electron chi connectivity index (χ0n) is 18.3. The summed E-state index contributed by atoms with van der Waals surface area (Å²) in [6, 6.07) is 3.51. The monoisotopic (exact) mass is 448 g/mol. The molecule has 0 saturated heterocycles. The van der Waals surface area contributed by atoms with Crippen molar-refractivity contribution in [2.24, 2.45) is 5.73 Å². The predicted octanol–water partition coefficient (Wildman–Crippen LogP) is 4.02. The Hall–Kier alpha value is -3.43. The molecule has 4 N–H and O–H groups in total. The zero-order valence-corrected chi connectivity index (χ0v) is 18.3. The number of methoxy groups -OCH3 is 1. The van der Waals surface area contributed by atoms with Crippen molar-refractivity contribution >= 4 is 22.6 Å². The van der Waals surface area contributed by atoms with Gasteiger partial charge >= 0.3 is 6.18 Å². The molecule has 170 valence electrons. The molecule has 0 unspecified atom stereocenters. The lowest BCUT2D eigenvalue weighted by molar-refractivity contribution is -0.139. The molecule has 0 saturated carbocycles. The molecule has 32 heavy (non-hydrogen) atoms. The molecule has 1 aliphatic rings. The van der Waals surface area contributed by atoms with Gasteiger partial charge in [0.1, 0.15) is 17.1 Å². The number of nitrogen functional groups attached to an aromatic ring is 1. The molecule has 0 spiro atoms. The molecule has 1 aliphatic heterocycles. The van der Waals surface area contributed by atoms with Crippen molar-refractivity contribution < 1.29 is 27.4 Å².